The number of piperidine rings is 2. The van der Waals surface area contributed by atoms with Crippen molar-refractivity contribution in [2.75, 3.05) is 36.4 Å². The molecule has 0 aliphatic carbocycles. The highest BCUT2D eigenvalue weighted by molar-refractivity contribution is 6.34. The van der Waals surface area contributed by atoms with Crippen LogP contribution < -0.4 is 10.2 Å². The second-order valence-corrected chi connectivity index (χ2v) is 8.69. The summed E-state index contributed by atoms with van der Waals surface area (Å²) in [6.45, 7) is 4.22. The number of likely N-dealkylation sites (tertiary alicyclic amines) is 1. The van der Waals surface area contributed by atoms with E-state index in [1.165, 1.54) is 32.4 Å². The van der Waals surface area contributed by atoms with E-state index in [9.17, 15) is 14.7 Å². The lowest BCUT2D eigenvalue weighted by Gasteiger charge is -2.41. The minimum Gasteiger partial charge on any atom is -0.478 e. The van der Waals surface area contributed by atoms with Gasteiger partial charge in [0.25, 0.3) is 5.91 Å². The highest BCUT2D eigenvalue weighted by Crippen LogP contribution is 2.29. The van der Waals surface area contributed by atoms with Crippen molar-refractivity contribution in [1.82, 2.24) is 4.90 Å². The minimum atomic E-state index is -1.07. The van der Waals surface area contributed by atoms with Gasteiger partial charge in [-0.2, -0.15) is 0 Å². The van der Waals surface area contributed by atoms with Crippen molar-refractivity contribution in [1.29, 1.82) is 0 Å². The van der Waals surface area contributed by atoms with Crippen LogP contribution in [0.5, 0.6) is 0 Å². The molecule has 164 valence electrons. The van der Waals surface area contributed by atoms with Crippen molar-refractivity contribution < 1.29 is 14.7 Å². The second kappa shape index (κ2) is 9.71. The average Bonchev–Trinajstić information content (AvgIpc) is 2.80. The first-order valence-electron chi connectivity index (χ1n) is 10.9. The number of nitrogens with zero attached hydrogens (tertiary/aromatic N) is 2. The average molecular weight is 442 g/mol. The van der Waals surface area contributed by atoms with Crippen LogP contribution in [0.1, 0.15) is 52.8 Å². The minimum absolute atomic E-state index is 0.0797. The van der Waals surface area contributed by atoms with Crippen LogP contribution in [0.2, 0.25) is 5.02 Å². The van der Waals surface area contributed by atoms with Crippen molar-refractivity contribution >= 4 is 34.9 Å². The molecule has 31 heavy (non-hydrogen) atoms. The molecule has 0 spiro atoms. The van der Waals surface area contributed by atoms with Crippen LogP contribution >= 0.6 is 11.6 Å². The predicted octanol–water partition coefficient (Wildman–Crippen LogP) is 4.75. The molecule has 2 saturated heterocycles. The van der Waals surface area contributed by atoms with E-state index in [2.05, 4.69) is 15.1 Å². The zero-order valence-electron chi connectivity index (χ0n) is 17.5. The quantitative estimate of drug-likeness (QED) is 0.700. The van der Waals surface area contributed by atoms with Gasteiger partial charge >= 0.3 is 5.97 Å². The van der Waals surface area contributed by atoms with Crippen LogP contribution in [0.4, 0.5) is 11.4 Å². The first-order chi connectivity index (χ1) is 15.0. The third-order valence-corrected chi connectivity index (χ3v) is 6.67. The number of carboxylic acid groups (broad SMARTS) is 1. The molecule has 7 heteroatoms. The summed E-state index contributed by atoms with van der Waals surface area (Å²) in [4.78, 5) is 29.3. The zero-order valence-corrected chi connectivity index (χ0v) is 18.3. The summed E-state index contributed by atoms with van der Waals surface area (Å²) in [7, 11) is 0. The molecule has 0 atom stereocenters. The summed E-state index contributed by atoms with van der Waals surface area (Å²) in [5, 5.41) is 12.8. The largest absolute Gasteiger partial charge is 0.478 e. The van der Waals surface area contributed by atoms with Crippen LogP contribution in [0.15, 0.2) is 42.5 Å². The number of aromatic carboxylic acids is 1. The number of carboxylic acids is 1. The Morgan fingerprint density at radius 1 is 0.935 bits per heavy atom. The lowest BCUT2D eigenvalue weighted by atomic mass is 9.99. The Morgan fingerprint density at radius 2 is 1.65 bits per heavy atom. The highest BCUT2D eigenvalue weighted by Gasteiger charge is 2.26. The van der Waals surface area contributed by atoms with Crippen LogP contribution in [0.25, 0.3) is 0 Å². The number of carbonyl (C=O) groups excluding carboxylic acids is 1. The maximum Gasteiger partial charge on any atom is 0.337 e. The van der Waals surface area contributed by atoms with Crippen molar-refractivity contribution in [2.24, 2.45) is 0 Å². The molecule has 2 fully saturated rings. The third kappa shape index (κ3) is 5.02. The van der Waals surface area contributed by atoms with Gasteiger partial charge in [0, 0.05) is 24.8 Å². The molecule has 0 radical (unpaired) electrons. The van der Waals surface area contributed by atoms with Crippen molar-refractivity contribution in [2.45, 2.75) is 38.1 Å². The van der Waals surface area contributed by atoms with Gasteiger partial charge in [-0.3, -0.25) is 4.79 Å². The lowest BCUT2D eigenvalue weighted by molar-refractivity contribution is 0.0698. The van der Waals surface area contributed by atoms with E-state index < -0.39 is 11.9 Å². The molecule has 6 nitrogen and oxygen atoms in total. The first kappa shape index (κ1) is 21.7. The number of hydrogen-bond acceptors (Lipinski definition) is 4. The molecule has 2 N–H and O–H groups in total. The van der Waals surface area contributed by atoms with E-state index in [-0.39, 0.29) is 11.3 Å². The Labute approximate surface area is 187 Å². The summed E-state index contributed by atoms with van der Waals surface area (Å²) >= 11 is 6.10. The number of carbonyl (C=O) groups is 2. The number of hydrogen-bond donors (Lipinski definition) is 2. The van der Waals surface area contributed by atoms with Gasteiger partial charge in [-0.25, -0.2) is 4.79 Å². The van der Waals surface area contributed by atoms with E-state index in [4.69, 9.17) is 11.6 Å². The molecule has 2 aromatic carbocycles. The van der Waals surface area contributed by atoms with Crippen LogP contribution in [-0.2, 0) is 0 Å². The summed E-state index contributed by atoms with van der Waals surface area (Å²) in [5.41, 5.74) is 1.54. The number of anilines is 2. The fraction of sp³-hybridized carbons (Fsp3) is 0.417. The molecule has 2 aliphatic rings. The molecule has 0 aromatic heterocycles. The van der Waals surface area contributed by atoms with Gasteiger partial charge in [-0.15, -0.1) is 0 Å². The van der Waals surface area contributed by atoms with Gasteiger partial charge in [0.15, 0.2) is 0 Å². The van der Waals surface area contributed by atoms with Crippen LogP contribution in [0, 0.1) is 0 Å². The van der Waals surface area contributed by atoms with Gasteiger partial charge in [0.05, 0.1) is 21.8 Å². The number of nitrogens with one attached hydrogen (secondary N) is 1. The number of halogens is 1. The molecule has 4 rings (SSSR count). The van der Waals surface area contributed by atoms with E-state index in [1.807, 2.05) is 6.07 Å². The predicted molar refractivity (Wildman–Crippen MR) is 123 cm³/mol. The highest BCUT2D eigenvalue weighted by atomic mass is 35.5. The molecule has 0 saturated carbocycles. The Bertz CT molecular complexity index is 951. The fourth-order valence-corrected chi connectivity index (χ4v) is 4.84. The fourth-order valence-electron chi connectivity index (χ4n) is 4.62. The number of rotatable bonds is 5. The number of amides is 1. The lowest BCUT2D eigenvalue weighted by Crippen LogP contribution is -2.46. The summed E-state index contributed by atoms with van der Waals surface area (Å²) in [6.07, 6.45) is 6.11. The third-order valence-electron chi connectivity index (χ3n) is 6.34. The maximum atomic E-state index is 12.6. The standard InChI is InChI=1S/C24H28ClN3O3/c25-21-7-3-2-6-19(21)23(29)26-22-9-8-18(16-20(22)24(30)31)28-14-10-17(11-15-28)27-12-4-1-5-13-27/h2-3,6-9,16-17H,1,4-5,10-15H2,(H,26,29)(H,30,31). The number of benzene rings is 2. The SMILES string of the molecule is O=C(Nc1ccc(N2CCC(N3CCCCC3)CC2)cc1C(=O)O)c1ccccc1Cl. The van der Waals surface area contributed by atoms with Crippen molar-refractivity contribution in [3.8, 4) is 0 Å². The molecule has 1 amide bonds. The van der Waals surface area contributed by atoms with E-state index in [1.54, 1.807) is 36.4 Å². The normalized spacial score (nSPS) is 18.0. The van der Waals surface area contributed by atoms with Crippen molar-refractivity contribution in [3.63, 3.8) is 0 Å². The van der Waals surface area contributed by atoms with Gasteiger partial charge in [0.1, 0.15) is 0 Å². The van der Waals surface area contributed by atoms with E-state index in [0.717, 1.165) is 31.6 Å². The molecular weight excluding hydrogens is 414 g/mol. The van der Waals surface area contributed by atoms with Gasteiger partial charge in [-0.1, -0.05) is 30.2 Å². The van der Waals surface area contributed by atoms with E-state index >= 15 is 0 Å². The molecule has 2 heterocycles. The van der Waals surface area contributed by atoms with Crippen LogP contribution in [0.3, 0.4) is 0 Å². The molecule has 2 aliphatic heterocycles. The smallest absolute Gasteiger partial charge is 0.337 e. The molecular formula is C24H28ClN3O3. The van der Waals surface area contributed by atoms with Crippen LogP contribution in [-0.4, -0.2) is 54.1 Å². The van der Waals surface area contributed by atoms with Gasteiger partial charge in [0.2, 0.25) is 0 Å². The van der Waals surface area contributed by atoms with E-state index in [0.29, 0.717) is 16.6 Å². The topological polar surface area (TPSA) is 72.9 Å². The Hall–Kier alpha value is -2.57. The molecule has 0 bridgehead atoms. The maximum absolute atomic E-state index is 12.6. The summed E-state index contributed by atoms with van der Waals surface area (Å²) in [5.74, 6) is -1.50. The Morgan fingerprint density at radius 3 is 2.32 bits per heavy atom. The monoisotopic (exact) mass is 441 g/mol. The first-order valence-corrected chi connectivity index (χ1v) is 11.3. The zero-order chi connectivity index (χ0) is 21.8. The molecule has 2 aromatic rings. The summed E-state index contributed by atoms with van der Waals surface area (Å²) < 4.78 is 0. The summed E-state index contributed by atoms with van der Waals surface area (Å²) in [6, 6.07) is 12.5. The Kier molecular flexibility index (Phi) is 6.78. The Balaban J connectivity index is 1.46. The van der Waals surface area contributed by atoms with Crippen molar-refractivity contribution in [3.05, 3.63) is 58.6 Å². The molecule has 0 unspecified atom stereocenters. The van der Waals surface area contributed by atoms with Gasteiger partial charge in [-0.05, 0) is 69.1 Å². The van der Waals surface area contributed by atoms with Gasteiger partial charge < -0.3 is 20.2 Å². The second-order valence-electron chi connectivity index (χ2n) is 8.28.